The smallest absolute Gasteiger partial charge is 0.254 e. The lowest BCUT2D eigenvalue weighted by atomic mass is 10.1. The molecule has 5 nitrogen and oxygen atoms in total. The van der Waals surface area contributed by atoms with E-state index in [0.717, 1.165) is 23.3 Å². The Bertz CT molecular complexity index is 910. The first-order valence-corrected chi connectivity index (χ1v) is 9.79. The summed E-state index contributed by atoms with van der Waals surface area (Å²) in [5, 5.41) is 3.72. The highest BCUT2D eigenvalue weighted by molar-refractivity contribution is 6.35. The summed E-state index contributed by atoms with van der Waals surface area (Å²) < 4.78 is 5.42. The van der Waals surface area contributed by atoms with Gasteiger partial charge < -0.3 is 15.0 Å². The predicted molar refractivity (Wildman–Crippen MR) is 112 cm³/mol. The second-order valence-corrected chi connectivity index (χ2v) is 7.77. The number of anilines is 1. The number of hydrogen-bond donors (Lipinski definition) is 1. The Kier molecular flexibility index (Phi) is 6.16. The zero-order valence-corrected chi connectivity index (χ0v) is 17.5. The average Bonchev–Trinajstić information content (AvgIpc) is 3.13. The average molecular weight is 421 g/mol. The van der Waals surface area contributed by atoms with Crippen molar-refractivity contribution in [3.8, 4) is 5.75 Å². The molecule has 148 valence electrons. The van der Waals surface area contributed by atoms with Crippen LogP contribution in [0.2, 0.25) is 10.0 Å². The molecule has 0 saturated carbocycles. The number of methoxy groups -OCH3 is 1. The van der Waals surface area contributed by atoms with Gasteiger partial charge in [0.05, 0.1) is 7.11 Å². The zero-order valence-electron chi connectivity index (χ0n) is 16.0. The summed E-state index contributed by atoms with van der Waals surface area (Å²) in [5.41, 5.74) is 2.91. The molecule has 0 bridgehead atoms. The van der Waals surface area contributed by atoms with Gasteiger partial charge in [0.1, 0.15) is 11.8 Å². The van der Waals surface area contributed by atoms with Crippen molar-refractivity contribution < 1.29 is 14.3 Å². The lowest BCUT2D eigenvalue weighted by Gasteiger charge is -2.25. The molecule has 0 aliphatic carbocycles. The van der Waals surface area contributed by atoms with Crippen molar-refractivity contribution in [2.24, 2.45) is 0 Å². The third kappa shape index (κ3) is 4.10. The predicted octanol–water partition coefficient (Wildman–Crippen LogP) is 4.86. The van der Waals surface area contributed by atoms with E-state index < -0.39 is 6.04 Å². The highest BCUT2D eigenvalue weighted by atomic mass is 35.5. The first kappa shape index (κ1) is 20.5. The van der Waals surface area contributed by atoms with Crippen LogP contribution < -0.4 is 10.1 Å². The van der Waals surface area contributed by atoms with Crippen LogP contribution in [0.1, 0.15) is 34.3 Å². The molecule has 1 saturated heterocycles. The third-order valence-corrected chi connectivity index (χ3v) is 5.43. The minimum atomic E-state index is -0.544. The number of likely N-dealkylation sites (tertiary alicyclic amines) is 1. The van der Waals surface area contributed by atoms with E-state index in [1.165, 1.54) is 0 Å². The number of halogens is 2. The Morgan fingerprint density at radius 1 is 1.14 bits per heavy atom. The first-order valence-electron chi connectivity index (χ1n) is 9.04. The van der Waals surface area contributed by atoms with Gasteiger partial charge in [-0.2, -0.15) is 0 Å². The fourth-order valence-electron chi connectivity index (χ4n) is 3.62. The van der Waals surface area contributed by atoms with Crippen molar-refractivity contribution in [3.63, 3.8) is 0 Å². The van der Waals surface area contributed by atoms with Crippen molar-refractivity contribution in [2.45, 2.75) is 32.7 Å². The van der Waals surface area contributed by atoms with Gasteiger partial charge in [0.2, 0.25) is 5.91 Å². The van der Waals surface area contributed by atoms with Crippen LogP contribution in [0.5, 0.6) is 5.75 Å². The number of nitrogens with one attached hydrogen (secondary N) is 1. The molecule has 0 spiro atoms. The SMILES string of the molecule is COc1c(C)ccc(NC(=O)C2CCCN2C(=O)c2cc(Cl)cc(Cl)c2)c1C. The molecule has 1 unspecified atom stereocenters. The van der Waals surface area contributed by atoms with Crippen molar-refractivity contribution in [2.75, 3.05) is 19.0 Å². The van der Waals surface area contributed by atoms with Crippen LogP contribution in [0.3, 0.4) is 0 Å². The molecule has 3 rings (SSSR count). The number of rotatable bonds is 4. The Morgan fingerprint density at radius 3 is 2.46 bits per heavy atom. The molecule has 1 fully saturated rings. The van der Waals surface area contributed by atoms with Crippen molar-refractivity contribution >= 4 is 40.7 Å². The Hall–Kier alpha value is -2.24. The summed E-state index contributed by atoms with van der Waals surface area (Å²) in [6, 6.07) is 7.91. The maximum absolute atomic E-state index is 12.9. The van der Waals surface area contributed by atoms with E-state index in [9.17, 15) is 9.59 Å². The summed E-state index contributed by atoms with van der Waals surface area (Å²) in [4.78, 5) is 27.5. The number of aryl methyl sites for hydroxylation is 1. The van der Waals surface area contributed by atoms with Crippen LogP contribution in [0.25, 0.3) is 0 Å². The van der Waals surface area contributed by atoms with Gasteiger partial charge in [-0.15, -0.1) is 0 Å². The van der Waals surface area contributed by atoms with Gasteiger partial charge in [0.25, 0.3) is 5.91 Å². The molecule has 2 aromatic carbocycles. The van der Waals surface area contributed by atoms with Gasteiger partial charge in [-0.3, -0.25) is 9.59 Å². The maximum Gasteiger partial charge on any atom is 0.254 e. The second kappa shape index (κ2) is 8.41. The fourth-order valence-corrected chi connectivity index (χ4v) is 4.14. The van der Waals surface area contributed by atoms with E-state index in [0.29, 0.717) is 34.3 Å². The van der Waals surface area contributed by atoms with Crippen LogP contribution in [0.4, 0.5) is 5.69 Å². The van der Waals surface area contributed by atoms with Gasteiger partial charge in [0, 0.05) is 33.4 Å². The highest BCUT2D eigenvalue weighted by Gasteiger charge is 2.35. The fraction of sp³-hybridized carbons (Fsp3) is 0.333. The molecule has 0 radical (unpaired) electrons. The molecule has 2 amide bonds. The van der Waals surface area contributed by atoms with Crippen molar-refractivity contribution in [1.29, 1.82) is 0 Å². The summed E-state index contributed by atoms with van der Waals surface area (Å²) in [5.74, 6) is 0.277. The Morgan fingerprint density at radius 2 is 1.82 bits per heavy atom. The third-order valence-electron chi connectivity index (χ3n) is 4.99. The molecule has 1 heterocycles. The number of carbonyl (C=O) groups is 2. The second-order valence-electron chi connectivity index (χ2n) is 6.89. The minimum absolute atomic E-state index is 0.215. The van der Waals surface area contributed by atoms with Crippen LogP contribution in [0, 0.1) is 13.8 Å². The van der Waals surface area contributed by atoms with Gasteiger partial charge in [-0.25, -0.2) is 0 Å². The van der Waals surface area contributed by atoms with Crippen LogP contribution in [0.15, 0.2) is 30.3 Å². The van der Waals surface area contributed by atoms with Crippen LogP contribution in [-0.4, -0.2) is 36.4 Å². The molecule has 28 heavy (non-hydrogen) atoms. The normalized spacial score (nSPS) is 16.2. The maximum atomic E-state index is 12.9. The number of ether oxygens (including phenoxy) is 1. The lowest BCUT2D eigenvalue weighted by Crippen LogP contribution is -2.43. The van der Waals surface area contributed by atoms with Gasteiger partial charge in [0.15, 0.2) is 0 Å². The summed E-state index contributed by atoms with van der Waals surface area (Å²) in [6.07, 6.45) is 1.36. The van der Waals surface area contributed by atoms with E-state index in [4.69, 9.17) is 27.9 Å². The van der Waals surface area contributed by atoms with Gasteiger partial charge in [-0.1, -0.05) is 29.3 Å². The quantitative estimate of drug-likeness (QED) is 0.767. The van der Waals surface area contributed by atoms with Crippen LogP contribution >= 0.6 is 23.2 Å². The molecular weight excluding hydrogens is 399 g/mol. The largest absolute Gasteiger partial charge is 0.496 e. The zero-order chi connectivity index (χ0) is 20.4. The number of amides is 2. The number of hydrogen-bond acceptors (Lipinski definition) is 3. The monoisotopic (exact) mass is 420 g/mol. The molecule has 7 heteroatoms. The summed E-state index contributed by atoms with van der Waals surface area (Å²) in [6.45, 7) is 4.36. The topological polar surface area (TPSA) is 58.6 Å². The molecule has 0 aromatic heterocycles. The van der Waals surface area contributed by atoms with E-state index in [1.54, 1.807) is 30.2 Å². The van der Waals surface area contributed by atoms with E-state index in [2.05, 4.69) is 5.32 Å². The molecule has 1 aliphatic rings. The van der Waals surface area contributed by atoms with Crippen molar-refractivity contribution in [3.05, 3.63) is 57.1 Å². The van der Waals surface area contributed by atoms with Gasteiger partial charge >= 0.3 is 0 Å². The minimum Gasteiger partial charge on any atom is -0.496 e. The lowest BCUT2D eigenvalue weighted by molar-refractivity contribution is -0.119. The number of nitrogens with zero attached hydrogens (tertiary/aromatic N) is 1. The van der Waals surface area contributed by atoms with Crippen LogP contribution in [-0.2, 0) is 4.79 Å². The summed E-state index contributed by atoms with van der Waals surface area (Å²) in [7, 11) is 1.61. The summed E-state index contributed by atoms with van der Waals surface area (Å²) >= 11 is 12.0. The highest BCUT2D eigenvalue weighted by Crippen LogP contribution is 2.30. The Balaban J connectivity index is 1.81. The van der Waals surface area contributed by atoms with E-state index in [-0.39, 0.29) is 11.8 Å². The molecule has 2 aromatic rings. The standard InChI is InChI=1S/C21H22Cl2N2O3/c1-12-6-7-17(13(2)19(12)28-3)24-20(26)18-5-4-8-25(18)21(27)14-9-15(22)11-16(23)10-14/h6-7,9-11,18H,4-5,8H2,1-3H3,(H,24,26). The van der Waals surface area contributed by atoms with Crippen molar-refractivity contribution in [1.82, 2.24) is 4.90 Å². The molecule has 1 atom stereocenters. The van der Waals surface area contributed by atoms with Gasteiger partial charge in [-0.05, 0) is 56.5 Å². The number of benzene rings is 2. The van der Waals surface area contributed by atoms with E-state index >= 15 is 0 Å². The Labute approximate surface area is 174 Å². The molecule has 1 aliphatic heterocycles. The first-order chi connectivity index (χ1) is 13.3. The van der Waals surface area contributed by atoms with E-state index in [1.807, 2.05) is 26.0 Å². The molecular formula is C21H22Cl2N2O3. The molecule has 1 N–H and O–H groups in total. The number of carbonyl (C=O) groups excluding carboxylic acids is 2.